The number of hydrogen-bond acceptors (Lipinski definition) is 9. The van der Waals surface area contributed by atoms with Gasteiger partial charge in [0.2, 0.25) is 0 Å². The van der Waals surface area contributed by atoms with Crippen LogP contribution in [-0.2, 0) is 4.79 Å². The molecular weight excluding hydrogens is 580 g/mol. The molecule has 0 aromatic heterocycles. The number of rotatable bonds is 7. The van der Waals surface area contributed by atoms with E-state index in [1.807, 2.05) is 6.92 Å². The molecule has 0 fully saturated rings. The van der Waals surface area contributed by atoms with E-state index < -0.39 is 40.5 Å². The van der Waals surface area contributed by atoms with Crippen LogP contribution in [0.3, 0.4) is 0 Å². The molecule has 0 saturated carbocycles. The molecule has 4 aromatic rings. The van der Waals surface area contributed by atoms with Gasteiger partial charge < -0.3 is 35.7 Å². The summed E-state index contributed by atoms with van der Waals surface area (Å²) in [4.78, 5) is 33.9. The summed E-state index contributed by atoms with van der Waals surface area (Å²) in [5.74, 6) is -4.46. The first-order valence-electron chi connectivity index (χ1n) is 14.6. The van der Waals surface area contributed by atoms with E-state index in [0.717, 1.165) is 6.42 Å². The van der Waals surface area contributed by atoms with Crippen LogP contribution in [0, 0.1) is 19.8 Å². The van der Waals surface area contributed by atoms with Crippen molar-refractivity contribution in [2.75, 3.05) is 0 Å². The van der Waals surface area contributed by atoms with Gasteiger partial charge in [0.15, 0.2) is 35.6 Å². The molecule has 0 aliphatic heterocycles. The van der Waals surface area contributed by atoms with E-state index in [0.29, 0.717) is 45.6 Å². The minimum Gasteiger partial charge on any atom is -0.507 e. The molecule has 45 heavy (non-hydrogen) atoms. The maximum absolute atomic E-state index is 12.0. The molecule has 4 rings (SSSR count). The Balaban J connectivity index is 0.000000707. The molecule has 0 saturated heterocycles. The second kappa shape index (κ2) is 12.9. The highest BCUT2D eigenvalue weighted by atomic mass is 16.4. The van der Waals surface area contributed by atoms with E-state index in [1.54, 1.807) is 60.6 Å². The summed E-state index contributed by atoms with van der Waals surface area (Å²) in [5.41, 5.74) is 1.33. The highest BCUT2D eigenvalue weighted by molar-refractivity contribution is 6.14. The predicted molar refractivity (Wildman–Crippen MR) is 172 cm³/mol. The van der Waals surface area contributed by atoms with E-state index in [9.17, 15) is 45.0 Å². The van der Waals surface area contributed by atoms with Gasteiger partial charge in [-0.05, 0) is 54.0 Å². The zero-order valence-electron chi connectivity index (χ0n) is 26.6. The van der Waals surface area contributed by atoms with E-state index in [1.165, 1.54) is 0 Å². The van der Waals surface area contributed by atoms with Crippen LogP contribution in [-0.4, -0.2) is 54.3 Å². The fourth-order valence-electron chi connectivity index (χ4n) is 5.78. The summed E-state index contributed by atoms with van der Waals surface area (Å²) in [6.45, 7) is 14.1. The zero-order chi connectivity index (χ0) is 34.2. The van der Waals surface area contributed by atoms with Crippen LogP contribution in [0.4, 0.5) is 0 Å². The van der Waals surface area contributed by atoms with Crippen molar-refractivity contribution in [1.29, 1.82) is 0 Å². The Morgan fingerprint density at radius 3 is 1.20 bits per heavy atom. The summed E-state index contributed by atoms with van der Waals surface area (Å²) in [6.07, 6.45) is 1.40. The quantitative estimate of drug-likeness (QED) is 0.0803. The first-order valence-corrected chi connectivity index (χ1v) is 14.6. The van der Waals surface area contributed by atoms with Crippen molar-refractivity contribution >= 4 is 40.1 Å². The van der Waals surface area contributed by atoms with Gasteiger partial charge in [0, 0.05) is 33.0 Å². The van der Waals surface area contributed by atoms with E-state index in [4.69, 9.17) is 5.11 Å². The normalized spacial score (nSPS) is 12.0. The SMILES string of the molecule is CCC(C)C(=O)O.Cc1cc2c(C(C)C)c(O)c(O)c(C=O)c2c(O)c1-c1c(C)cc2c(C(C)C)c(O)c(O)c(C=O)c2c1O. The molecule has 0 aliphatic rings. The second-order valence-corrected chi connectivity index (χ2v) is 11.9. The number of aldehydes is 2. The summed E-state index contributed by atoms with van der Waals surface area (Å²) < 4.78 is 0. The Bertz CT molecular complexity index is 1730. The molecule has 10 heteroatoms. The van der Waals surface area contributed by atoms with Gasteiger partial charge in [0.1, 0.15) is 11.5 Å². The van der Waals surface area contributed by atoms with Crippen LogP contribution >= 0.6 is 0 Å². The number of hydrogen-bond donors (Lipinski definition) is 7. The minimum absolute atomic E-state index is 0.00512. The van der Waals surface area contributed by atoms with Crippen LogP contribution in [0.25, 0.3) is 32.7 Å². The molecule has 0 amide bonds. The van der Waals surface area contributed by atoms with Crippen LogP contribution in [0.1, 0.15) is 103 Å². The molecule has 0 radical (unpaired) electrons. The lowest BCUT2D eigenvalue weighted by atomic mass is 9.83. The highest BCUT2D eigenvalue weighted by Gasteiger charge is 2.29. The average Bonchev–Trinajstić information content (AvgIpc) is 2.96. The fourth-order valence-corrected chi connectivity index (χ4v) is 5.78. The van der Waals surface area contributed by atoms with Crippen LogP contribution in [0.5, 0.6) is 34.5 Å². The number of fused-ring (bicyclic) bond motifs is 2. The Morgan fingerprint density at radius 1 is 0.644 bits per heavy atom. The van der Waals surface area contributed by atoms with Crippen LogP contribution in [0.15, 0.2) is 12.1 Å². The van der Waals surface area contributed by atoms with Gasteiger partial charge >= 0.3 is 5.97 Å². The van der Waals surface area contributed by atoms with Gasteiger partial charge in [0.05, 0.1) is 17.0 Å². The summed E-state index contributed by atoms with van der Waals surface area (Å²) in [5, 5.41) is 74.6. The molecular formula is C35H40O10. The monoisotopic (exact) mass is 620 g/mol. The number of phenolic OH excluding ortho intramolecular Hbond substituents is 6. The number of aliphatic carboxylic acids is 1. The molecule has 0 spiro atoms. The zero-order valence-corrected chi connectivity index (χ0v) is 26.6. The van der Waals surface area contributed by atoms with Crippen molar-refractivity contribution < 1.29 is 50.1 Å². The van der Waals surface area contributed by atoms with Crippen molar-refractivity contribution in [1.82, 2.24) is 0 Å². The Morgan fingerprint density at radius 2 is 0.978 bits per heavy atom. The third-order valence-corrected chi connectivity index (χ3v) is 8.26. The lowest BCUT2D eigenvalue weighted by molar-refractivity contribution is -0.141. The third kappa shape index (κ3) is 5.68. The molecule has 1 atom stereocenters. The molecule has 240 valence electrons. The molecule has 0 heterocycles. The molecule has 10 nitrogen and oxygen atoms in total. The Kier molecular flexibility index (Phi) is 9.92. The van der Waals surface area contributed by atoms with Gasteiger partial charge in [-0.3, -0.25) is 14.4 Å². The third-order valence-electron chi connectivity index (χ3n) is 8.26. The summed E-state index contributed by atoms with van der Waals surface area (Å²) in [6, 6.07) is 3.31. The molecule has 0 bridgehead atoms. The minimum atomic E-state index is -0.706. The van der Waals surface area contributed by atoms with E-state index in [-0.39, 0.29) is 50.8 Å². The maximum Gasteiger partial charge on any atom is 0.306 e. The second-order valence-electron chi connectivity index (χ2n) is 11.9. The highest BCUT2D eigenvalue weighted by Crippen LogP contribution is 2.54. The van der Waals surface area contributed by atoms with E-state index >= 15 is 0 Å². The number of phenols is 6. The number of carbonyl (C=O) groups is 3. The van der Waals surface area contributed by atoms with Crippen molar-refractivity contribution in [2.24, 2.45) is 5.92 Å². The number of aryl methyl sites for hydroxylation is 2. The lowest BCUT2D eigenvalue weighted by Gasteiger charge is -2.23. The Hall–Kier alpha value is -4.99. The van der Waals surface area contributed by atoms with Gasteiger partial charge in [-0.2, -0.15) is 0 Å². The topological polar surface area (TPSA) is 193 Å². The van der Waals surface area contributed by atoms with Crippen molar-refractivity contribution in [2.45, 2.75) is 73.6 Å². The number of benzene rings is 4. The van der Waals surface area contributed by atoms with Crippen molar-refractivity contribution in [3.05, 3.63) is 45.5 Å². The maximum atomic E-state index is 12.0. The standard InChI is InChI=1S/C30H30O8.C5H10O2/c1-11(2)19-15-7-13(5)21(27(35)23(15)17(9-31)25(33)29(19)37)22-14(6)8-16-20(12(3)4)30(38)26(34)18(10-32)24(16)28(22)36;1-3-4(2)5(6)7/h7-12,33-38H,1-6H3;4H,3H2,1-2H3,(H,6,7). The fraction of sp³-hybridized carbons (Fsp3) is 0.343. The van der Waals surface area contributed by atoms with Gasteiger partial charge in [0.25, 0.3) is 0 Å². The van der Waals surface area contributed by atoms with Crippen LogP contribution < -0.4 is 0 Å². The van der Waals surface area contributed by atoms with Crippen molar-refractivity contribution in [3.8, 4) is 45.6 Å². The van der Waals surface area contributed by atoms with Gasteiger partial charge in [-0.1, -0.05) is 53.7 Å². The first kappa shape index (κ1) is 34.5. The number of carboxylic acids is 1. The summed E-state index contributed by atoms with van der Waals surface area (Å²) >= 11 is 0. The molecule has 0 aliphatic carbocycles. The van der Waals surface area contributed by atoms with Crippen molar-refractivity contribution in [3.63, 3.8) is 0 Å². The number of carboxylic acid groups (broad SMARTS) is 1. The molecule has 4 aromatic carbocycles. The number of aromatic hydroxyl groups is 6. The average molecular weight is 621 g/mol. The predicted octanol–water partition coefficient (Wildman–Crippen LogP) is 7.50. The Labute approximate surface area is 260 Å². The number of carbonyl (C=O) groups excluding carboxylic acids is 2. The summed E-state index contributed by atoms with van der Waals surface area (Å²) in [7, 11) is 0. The lowest BCUT2D eigenvalue weighted by Crippen LogP contribution is -2.06. The van der Waals surface area contributed by atoms with Gasteiger partial charge in [-0.15, -0.1) is 0 Å². The van der Waals surface area contributed by atoms with Gasteiger partial charge in [-0.25, -0.2) is 0 Å². The molecule has 7 N–H and O–H groups in total. The van der Waals surface area contributed by atoms with Crippen LogP contribution in [0.2, 0.25) is 0 Å². The largest absolute Gasteiger partial charge is 0.507 e. The molecule has 1 unspecified atom stereocenters. The smallest absolute Gasteiger partial charge is 0.306 e. The van der Waals surface area contributed by atoms with E-state index in [2.05, 4.69) is 0 Å². The first-order chi connectivity index (χ1) is 21.0.